The summed E-state index contributed by atoms with van der Waals surface area (Å²) < 4.78 is 25.4. The number of aliphatic imine (C=N–C) groups is 1. The van der Waals surface area contributed by atoms with Crippen LogP contribution in [-0.4, -0.2) is 51.3 Å². The minimum atomic E-state index is -3.26. The van der Waals surface area contributed by atoms with E-state index in [0.717, 1.165) is 24.7 Å². The Morgan fingerprint density at radius 2 is 1.96 bits per heavy atom. The van der Waals surface area contributed by atoms with Gasteiger partial charge in [0, 0.05) is 42.8 Å². The predicted molar refractivity (Wildman–Crippen MR) is 124 cm³/mol. The fraction of sp³-hybridized carbons (Fsp3) is 0.500. The third-order valence-electron chi connectivity index (χ3n) is 3.99. The molecule has 7 nitrogen and oxygen atoms in total. The van der Waals surface area contributed by atoms with Crippen LogP contribution >= 0.6 is 24.0 Å². The van der Waals surface area contributed by atoms with Gasteiger partial charge >= 0.3 is 0 Å². The van der Waals surface area contributed by atoms with Gasteiger partial charge in [-0.3, -0.25) is 4.99 Å². The molecular formula is C18H30IN5O2S. The van der Waals surface area contributed by atoms with Gasteiger partial charge in [0.1, 0.15) is 0 Å². The van der Waals surface area contributed by atoms with Gasteiger partial charge in [0.15, 0.2) is 5.96 Å². The van der Waals surface area contributed by atoms with Crippen molar-refractivity contribution in [2.75, 3.05) is 26.4 Å². The Kier molecular flexibility index (Phi) is 8.55. The van der Waals surface area contributed by atoms with E-state index in [1.807, 2.05) is 20.0 Å². The molecule has 1 aromatic carbocycles. The second-order valence-electron chi connectivity index (χ2n) is 7.22. The maximum Gasteiger partial charge on any atom is 0.209 e. The highest BCUT2D eigenvalue weighted by Crippen LogP contribution is 2.19. The minimum Gasteiger partial charge on any atom is -0.361 e. The van der Waals surface area contributed by atoms with Crippen molar-refractivity contribution in [3.05, 3.63) is 35.5 Å². The molecule has 2 rings (SSSR count). The molecule has 0 bridgehead atoms. The van der Waals surface area contributed by atoms with Crippen molar-refractivity contribution in [3.63, 3.8) is 0 Å². The molecule has 2 aromatic rings. The number of H-pyrrole nitrogens is 1. The molecular weight excluding hydrogens is 477 g/mol. The first kappa shape index (κ1) is 23.7. The van der Waals surface area contributed by atoms with Crippen LogP contribution in [0.3, 0.4) is 0 Å². The number of benzene rings is 1. The Balaban J connectivity index is 0.00000364. The summed E-state index contributed by atoms with van der Waals surface area (Å²) in [5.41, 5.74) is 3.02. The number of aromatic amines is 1. The summed E-state index contributed by atoms with van der Waals surface area (Å²) in [5, 5.41) is 7.66. The second-order valence-corrected chi connectivity index (χ2v) is 8.97. The number of fused-ring (bicyclic) bond motifs is 1. The molecule has 0 aliphatic heterocycles. The lowest BCUT2D eigenvalue weighted by molar-refractivity contribution is 0.446. The average molecular weight is 507 g/mol. The number of hydrogen-bond acceptors (Lipinski definition) is 3. The Hall–Kier alpha value is -1.33. The highest BCUT2D eigenvalue weighted by molar-refractivity contribution is 14.0. The standard InChI is InChI=1S/C18H29N5O2S.HI/c1-13-6-7-15-14(11-21-16(15)10-13)8-9-20-17(19-4)22-12-18(2,3)23-26(5,24)25;/h6-7,10-11,21,23H,8-9,12H2,1-5H3,(H2,19,20,22);1H. The molecule has 0 aliphatic carbocycles. The van der Waals surface area contributed by atoms with Gasteiger partial charge in [-0.05, 0) is 44.4 Å². The first-order chi connectivity index (χ1) is 12.1. The number of nitrogens with one attached hydrogen (secondary N) is 4. The van der Waals surface area contributed by atoms with E-state index in [-0.39, 0.29) is 24.0 Å². The fourth-order valence-corrected chi connectivity index (χ4v) is 3.96. The summed E-state index contributed by atoms with van der Waals surface area (Å²) in [6.07, 6.45) is 4.06. The zero-order valence-corrected chi connectivity index (χ0v) is 19.7. The van der Waals surface area contributed by atoms with Gasteiger partial charge in [-0.25, -0.2) is 13.1 Å². The summed E-state index contributed by atoms with van der Waals surface area (Å²) in [6, 6.07) is 6.40. The monoisotopic (exact) mass is 507 g/mol. The van der Waals surface area contributed by atoms with Crippen molar-refractivity contribution in [1.29, 1.82) is 0 Å². The number of sulfonamides is 1. The van der Waals surface area contributed by atoms with Gasteiger partial charge in [0.2, 0.25) is 10.0 Å². The third-order valence-corrected chi connectivity index (χ3v) is 4.92. The lowest BCUT2D eigenvalue weighted by Crippen LogP contribution is -2.53. The summed E-state index contributed by atoms with van der Waals surface area (Å²) >= 11 is 0. The zero-order chi connectivity index (χ0) is 19.4. The molecule has 1 heterocycles. The van der Waals surface area contributed by atoms with Gasteiger partial charge in [-0.1, -0.05) is 12.1 Å². The quantitative estimate of drug-likeness (QED) is 0.262. The van der Waals surface area contributed by atoms with Crippen LogP contribution in [0.25, 0.3) is 10.9 Å². The van der Waals surface area contributed by atoms with Gasteiger partial charge in [0.25, 0.3) is 0 Å². The number of aromatic nitrogens is 1. The minimum absolute atomic E-state index is 0. The first-order valence-corrected chi connectivity index (χ1v) is 10.5. The number of rotatable bonds is 7. The number of halogens is 1. The van der Waals surface area contributed by atoms with Crippen LogP contribution in [0.2, 0.25) is 0 Å². The van der Waals surface area contributed by atoms with Gasteiger partial charge in [0.05, 0.1) is 6.26 Å². The van der Waals surface area contributed by atoms with E-state index in [2.05, 4.69) is 50.5 Å². The van der Waals surface area contributed by atoms with E-state index < -0.39 is 15.6 Å². The highest BCUT2D eigenvalue weighted by Gasteiger charge is 2.22. The molecule has 0 aliphatic rings. The molecule has 4 N–H and O–H groups in total. The van der Waals surface area contributed by atoms with Crippen LogP contribution < -0.4 is 15.4 Å². The van der Waals surface area contributed by atoms with Crippen LogP contribution in [0.1, 0.15) is 25.0 Å². The number of nitrogens with zero attached hydrogens (tertiary/aromatic N) is 1. The topological polar surface area (TPSA) is 98.4 Å². The maximum atomic E-state index is 11.4. The van der Waals surface area contributed by atoms with E-state index in [1.165, 1.54) is 16.5 Å². The van der Waals surface area contributed by atoms with Crippen molar-refractivity contribution in [3.8, 4) is 0 Å². The number of aryl methyl sites for hydroxylation is 1. The Bertz CT molecular complexity index is 890. The molecule has 0 atom stereocenters. The molecule has 0 amide bonds. The van der Waals surface area contributed by atoms with Crippen LogP contribution in [0.5, 0.6) is 0 Å². The molecule has 9 heteroatoms. The van der Waals surface area contributed by atoms with Crippen molar-refractivity contribution in [2.24, 2.45) is 4.99 Å². The van der Waals surface area contributed by atoms with Crippen LogP contribution in [0.15, 0.2) is 29.4 Å². The molecule has 0 fully saturated rings. The van der Waals surface area contributed by atoms with Crippen molar-refractivity contribution < 1.29 is 8.42 Å². The van der Waals surface area contributed by atoms with E-state index in [4.69, 9.17) is 0 Å². The van der Waals surface area contributed by atoms with E-state index in [9.17, 15) is 8.42 Å². The molecule has 1 aromatic heterocycles. The van der Waals surface area contributed by atoms with Crippen LogP contribution in [-0.2, 0) is 16.4 Å². The zero-order valence-electron chi connectivity index (χ0n) is 16.5. The Morgan fingerprint density at radius 1 is 1.26 bits per heavy atom. The van der Waals surface area contributed by atoms with Crippen molar-refractivity contribution in [1.82, 2.24) is 20.3 Å². The van der Waals surface area contributed by atoms with E-state index in [1.54, 1.807) is 7.05 Å². The predicted octanol–water partition coefficient (Wildman–Crippen LogP) is 2.13. The Labute approximate surface area is 178 Å². The second kappa shape index (κ2) is 9.74. The van der Waals surface area contributed by atoms with Gasteiger partial charge in [-0.15, -0.1) is 24.0 Å². The summed E-state index contributed by atoms with van der Waals surface area (Å²) in [5.74, 6) is 0.643. The molecule has 27 heavy (non-hydrogen) atoms. The van der Waals surface area contributed by atoms with E-state index >= 15 is 0 Å². The SMILES string of the molecule is CN=C(NCCc1c[nH]c2cc(C)ccc12)NCC(C)(C)NS(C)(=O)=O.I. The molecule has 0 unspecified atom stereocenters. The summed E-state index contributed by atoms with van der Waals surface area (Å²) in [7, 11) is -1.57. The molecule has 152 valence electrons. The summed E-state index contributed by atoms with van der Waals surface area (Å²) in [6.45, 7) is 6.87. The molecule has 0 saturated heterocycles. The molecule has 0 saturated carbocycles. The third kappa shape index (κ3) is 7.67. The van der Waals surface area contributed by atoms with Crippen molar-refractivity contribution >= 4 is 50.9 Å². The summed E-state index contributed by atoms with van der Waals surface area (Å²) in [4.78, 5) is 7.50. The highest BCUT2D eigenvalue weighted by atomic mass is 127. The van der Waals surface area contributed by atoms with E-state index in [0.29, 0.717) is 12.5 Å². The first-order valence-electron chi connectivity index (χ1n) is 8.60. The van der Waals surface area contributed by atoms with Gasteiger partial charge in [-0.2, -0.15) is 0 Å². The van der Waals surface area contributed by atoms with Crippen molar-refractivity contribution in [2.45, 2.75) is 32.7 Å². The molecule has 0 radical (unpaired) electrons. The van der Waals surface area contributed by atoms with Crippen LogP contribution in [0, 0.1) is 6.92 Å². The lowest BCUT2D eigenvalue weighted by atomic mass is 10.1. The number of guanidine groups is 1. The fourth-order valence-electron chi connectivity index (χ4n) is 2.89. The van der Waals surface area contributed by atoms with Gasteiger partial charge < -0.3 is 15.6 Å². The smallest absolute Gasteiger partial charge is 0.209 e. The number of hydrogen-bond donors (Lipinski definition) is 4. The maximum absolute atomic E-state index is 11.4. The molecule has 0 spiro atoms. The van der Waals surface area contributed by atoms with Crippen LogP contribution in [0.4, 0.5) is 0 Å². The average Bonchev–Trinajstić information content (AvgIpc) is 2.90. The Morgan fingerprint density at radius 3 is 2.59 bits per heavy atom. The largest absolute Gasteiger partial charge is 0.361 e. The lowest BCUT2D eigenvalue weighted by Gasteiger charge is -2.26. The normalized spacial score (nSPS) is 12.7.